The van der Waals surface area contributed by atoms with Crippen LogP contribution >= 0.6 is 24.8 Å². The first-order valence-corrected chi connectivity index (χ1v) is 11.7. The number of urea groups is 2. The average molecular weight is 555 g/mol. The molecular formula is C26H28Cl2N8O2. The summed E-state index contributed by atoms with van der Waals surface area (Å²) in [4.78, 5) is 34.0. The molecule has 4 amide bonds. The van der Waals surface area contributed by atoms with Gasteiger partial charge in [0, 0.05) is 35.6 Å². The zero-order valence-electron chi connectivity index (χ0n) is 20.3. The zero-order valence-corrected chi connectivity index (χ0v) is 21.9. The number of amidine groups is 2. The van der Waals surface area contributed by atoms with Crippen molar-refractivity contribution in [3.8, 4) is 0 Å². The number of para-hydroxylation sites is 2. The summed E-state index contributed by atoms with van der Waals surface area (Å²) in [6.07, 6.45) is 0. The van der Waals surface area contributed by atoms with Crippen LogP contribution in [-0.2, 0) is 0 Å². The Balaban J connectivity index is 0.00000200. The molecule has 2 heterocycles. The van der Waals surface area contributed by atoms with Gasteiger partial charge in [0.1, 0.15) is 11.7 Å². The molecule has 3 aromatic carbocycles. The summed E-state index contributed by atoms with van der Waals surface area (Å²) in [7, 11) is 0. The van der Waals surface area contributed by atoms with Crippen LogP contribution in [0.15, 0.2) is 82.8 Å². The Hall–Kier alpha value is -4.28. The molecule has 12 heteroatoms. The molecule has 5 rings (SSSR count). The summed E-state index contributed by atoms with van der Waals surface area (Å²) in [6.45, 7) is 3.21. The van der Waals surface area contributed by atoms with Crippen molar-refractivity contribution in [3.63, 3.8) is 0 Å². The first-order valence-electron chi connectivity index (χ1n) is 11.7. The Labute approximate surface area is 232 Å². The molecule has 0 aromatic heterocycles. The molecule has 3 aromatic rings. The van der Waals surface area contributed by atoms with Crippen LogP contribution in [0, 0.1) is 0 Å². The predicted octanol–water partition coefficient (Wildman–Crippen LogP) is 4.52. The molecule has 198 valence electrons. The van der Waals surface area contributed by atoms with Gasteiger partial charge < -0.3 is 31.9 Å². The lowest BCUT2D eigenvalue weighted by Crippen LogP contribution is -2.23. The summed E-state index contributed by atoms with van der Waals surface area (Å²) in [6, 6.07) is 21.0. The minimum Gasteiger partial charge on any atom is -0.368 e. The van der Waals surface area contributed by atoms with Gasteiger partial charge in [-0.3, -0.25) is 9.98 Å². The third kappa shape index (κ3) is 7.15. The topological polar surface area (TPSA) is 131 Å². The van der Waals surface area contributed by atoms with Crippen LogP contribution in [-0.4, -0.2) is 49.9 Å². The average Bonchev–Trinajstić information content (AvgIpc) is 3.61. The summed E-state index contributed by atoms with van der Waals surface area (Å²) in [5, 5.41) is 17.6. The highest BCUT2D eigenvalue weighted by Gasteiger charge is 2.12. The molecule has 2 aliphatic rings. The summed E-state index contributed by atoms with van der Waals surface area (Å²) < 4.78 is 0. The van der Waals surface area contributed by atoms with E-state index in [-0.39, 0.29) is 24.8 Å². The van der Waals surface area contributed by atoms with E-state index in [1.54, 1.807) is 24.3 Å². The fourth-order valence-electron chi connectivity index (χ4n) is 3.88. The van der Waals surface area contributed by atoms with Crippen LogP contribution < -0.4 is 31.9 Å². The van der Waals surface area contributed by atoms with E-state index in [0.29, 0.717) is 22.7 Å². The molecule has 0 radical (unpaired) electrons. The molecule has 2 aliphatic heterocycles. The first-order chi connectivity index (χ1) is 17.6. The third-order valence-electron chi connectivity index (χ3n) is 5.60. The second kappa shape index (κ2) is 13.3. The van der Waals surface area contributed by atoms with Gasteiger partial charge in [-0.1, -0.05) is 12.1 Å². The van der Waals surface area contributed by atoms with Crippen molar-refractivity contribution in [1.82, 2.24) is 10.6 Å². The Kier molecular flexibility index (Phi) is 9.92. The van der Waals surface area contributed by atoms with Gasteiger partial charge in [0.25, 0.3) is 0 Å². The molecule has 0 aliphatic carbocycles. The Morgan fingerprint density at radius 3 is 1.32 bits per heavy atom. The number of halogens is 2. The number of carbonyl (C=O) groups excluding carboxylic acids is 2. The molecule has 38 heavy (non-hydrogen) atoms. The number of hydrogen-bond acceptors (Lipinski definition) is 6. The van der Waals surface area contributed by atoms with Gasteiger partial charge in [0.15, 0.2) is 0 Å². The molecule has 0 unspecified atom stereocenters. The Morgan fingerprint density at radius 1 is 0.579 bits per heavy atom. The van der Waals surface area contributed by atoms with E-state index in [2.05, 4.69) is 41.9 Å². The molecule has 6 N–H and O–H groups in total. The van der Waals surface area contributed by atoms with Gasteiger partial charge in [0.2, 0.25) is 0 Å². The molecule has 0 spiro atoms. The maximum Gasteiger partial charge on any atom is 0.323 e. The number of hydrogen-bond donors (Lipinski definition) is 6. The van der Waals surface area contributed by atoms with Crippen LogP contribution in [0.25, 0.3) is 0 Å². The third-order valence-corrected chi connectivity index (χ3v) is 5.60. The SMILES string of the molecule is Cl.Cl.O=C(Nc1ccc(C2=NCCN2)cc1)Nc1ccccc1NC(=O)Nc1ccc(C2=NCCN2)cc1. The number of amides is 4. The molecule has 0 bridgehead atoms. The van der Waals surface area contributed by atoms with Crippen LogP contribution in [0.3, 0.4) is 0 Å². The van der Waals surface area contributed by atoms with Gasteiger partial charge in [-0.25, -0.2) is 9.59 Å². The smallest absolute Gasteiger partial charge is 0.323 e. The van der Waals surface area contributed by atoms with Crippen LogP contribution in [0.2, 0.25) is 0 Å². The van der Waals surface area contributed by atoms with Crippen molar-refractivity contribution in [2.24, 2.45) is 9.98 Å². The Bertz CT molecular complexity index is 1230. The summed E-state index contributed by atoms with van der Waals surface area (Å²) in [5.41, 5.74) is 4.15. The van der Waals surface area contributed by atoms with E-state index in [9.17, 15) is 9.59 Å². The van der Waals surface area contributed by atoms with Crippen LogP contribution in [0.5, 0.6) is 0 Å². The quantitative estimate of drug-likeness (QED) is 0.267. The van der Waals surface area contributed by atoms with Gasteiger partial charge in [-0.15, -0.1) is 24.8 Å². The highest BCUT2D eigenvalue weighted by atomic mass is 35.5. The number of nitrogens with zero attached hydrogens (tertiary/aromatic N) is 2. The fourth-order valence-corrected chi connectivity index (χ4v) is 3.88. The fraction of sp³-hybridized carbons (Fsp3) is 0.154. The Morgan fingerprint density at radius 2 is 0.974 bits per heavy atom. The lowest BCUT2D eigenvalue weighted by molar-refractivity contribution is 0.261. The van der Waals surface area contributed by atoms with Crippen molar-refractivity contribution in [2.45, 2.75) is 0 Å². The minimum absolute atomic E-state index is 0. The zero-order chi connectivity index (χ0) is 24.7. The lowest BCUT2D eigenvalue weighted by atomic mass is 10.2. The van der Waals surface area contributed by atoms with Crippen molar-refractivity contribution in [2.75, 3.05) is 47.4 Å². The maximum absolute atomic E-state index is 12.6. The molecule has 0 atom stereocenters. The molecular weight excluding hydrogens is 527 g/mol. The van der Waals surface area contributed by atoms with Crippen LogP contribution in [0.1, 0.15) is 11.1 Å². The second-order valence-corrected chi connectivity index (χ2v) is 8.17. The highest BCUT2D eigenvalue weighted by molar-refractivity contribution is 6.07. The van der Waals surface area contributed by atoms with Crippen LogP contribution in [0.4, 0.5) is 32.3 Å². The van der Waals surface area contributed by atoms with E-state index < -0.39 is 12.1 Å². The normalized spacial score (nSPS) is 13.4. The minimum atomic E-state index is -0.423. The van der Waals surface area contributed by atoms with Gasteiger partial charge in [-0.2, -0.15) is 0 Å². The number of rotatable bonds is 6. The number of benzene rings is 3. The van der Waals surface area contributed by atoms with Gasteiger partial charge >= 0.3 is 12.1 Å². The monoisotopic (exact) mass is 554 g/mol. The van der Waals surface area contributed by atoms with Crippen molar-refractivity contribution in [3.05, 3.63) is 83.9 Å². The predicted molar refractivity (Wildman–Crippen MR) is 158 cm³/mol. The highest BCUT2D eigenvalue weighted by Crippen LogP contribution is 2.22. The van der Waals surface area contributed by atoms with Crippen molar-refractivity contribution in [1.29, 1.82) is 0 Å². The summed E-state index contributed by atoms with van der Waals surface area (Å²) >= 11 is 0. The lowest BCUT2D eigenvalue weighted by Gasteiger charge is -2.14. The first kappa shape index (κ1) is 28.3. The van der Waals surface area contributed by atoms with E-state index in [0.717, 1.165) is 49.0 Å². The standard InChI is InChI=1S/C26H26N8O2.2ClH/c35-25(31-19-9-5-17(6-10-19)23-27-13-14-28-23)33-21-3-1-2-4-22(21)34-26(36)32-20-11-7-18(8-12-20)24-29-15-16-30-24;;/h1-12H,13-16H2,(H,27,28)(H,29,30)(H2,31,33,35)(H2,32,34,36);2*1H. The number of aliphatic imine (C=N–C) groups is 2. The van der Waals surface area contributed by atoms with E-state index in [1.807, 2.05) is 48.5 Å². The maximum atomic E-state index is 12.6. The molecule has 10 nitrogen and oxygen atoms in total. The second-order valence-electron chi connectivity index (χ2n) is 8.17. The van der Waals surface area contributed by atoms with Crippen molar-refractivity contribution < 1.29 is 9.59 Å². The molecule has 0 saturated carbocycles. The number of carbonyl (C=O) groups is 2. The van der Waals surface area contributed by atoms with Gasteiger partial charge in [0.05, 0.1) is 24.5 Å². The number of nitrogens with one attached hydrogen (secondary N) is 6. The summed E-state index contributed by atoms with van der Waals surface area (Å²) in [5.74, 6) is 1.72. The van der Waals surface area contributed by atoms with E-state index >= 15 is 0 Å². The number of anilines is 4. The van der Waals surface area contributed by atoms with Gasteiger partial charge in [-0.05, 0) is 60.7 Å². The molecule has 0 saturated heterocycles. The molecule has 0 fully saturated rings. The van der Waals surface area contributed by atoms with Crippen molar-refractivity contribution >= 4 is 71.3 Å². The van der Waals surface area contributed by atoms with E-state index in [4.69, 9.17) is 0 Å². The van der Waals surface area contributed by atoms with E-state index in [1.165, 1.54) is 0 Å². The largest absolute Gasteiger partial charge is 0.368 e.